The summed E-state index contributed by atoms with van der Waals surface area (Å²) in [7, 11) is 1.74. The van der Waals surface area contributed by atoms with Crippen LogP contribution in [0, 0.1) is 13.8 Å². The zero-order valence-corrected chi connectivity index (χ0v) is 8.92. The van der Waals surface area contributed by atoms with Crippen LogP contribution in [0.5, 0.6) is 0 Å². The number of nitrogens with one attached hydrogen (secondary N) is 1. The van der Waals surface area contributed by atoms with Crippen molar-refractivity contribution in [2.75, 3.05) is 12.4 Å². The van der Waals surface area contributed by atoms with Crippen molar-refractivity contribution >= 4 is 5.69 Å². The lowest BCUT2D eigenvalue weighted by Gasteiger charge is -2.26. The third kappa shape index (κ3) is 1.60. The van der Waals surface area contributed by atoms with E-state index in [-0.39, 0.29) is 6.23 Å². The Hall–Kier alpha value is -1.09. The van der Waals surface area contributed by atoms with E-state index in [1.54, 1.807) is 7.11 Å². The molecule has 0 fully saturated rings. The maximum atomic E-state index is 5.29. The Morgan fingerprint density at radius 3 is 3.00 bits per heavy atom. The summed E-state index contributed by atoms with van der Waals surface area (Å²) < 4.78 is 5.29. The molecule has 0 radical (unpaired) electrons. The van der Waals surface area contributed by atoms with Gasteiger partial charge >= 0.3 is 0 Å². The smallest absolute Gasteiger partial charge is 0.127 e. The van der Waals surface area contributed by atoms with E-state index >= 15 is 0 Å². The number of methoxy groups -OCH3 is 1. The van der Waals surface area contributed by atoms with Crippen LogP contribution in [0.2, 0.25) is 0 Å². The van der Waals surface area contributed by atoms with E-state index in [2.05, 4.69) is 23.3 Å². The molecule has 3 nitrogen and oxygen atoms in total. The summed E-state index contributed by atoms with van der Waals surface area (Å²) in [5, 5.41) is 3.36. The van der Waals surface area contributed by atoms with Gasteiger partial charge in [0.05, 0.1) is 11.4 Å². The highest BCUT2D eigenvalue weighted by atomic mass is 16.5. The first-order chi connectivity index (χ1) is 6.70. The van der Waals surface area contributed by atoms with Gasteiger partial charge in [0.25, 0.3) is 0 Å². The first kappa shape index (κ1) is 9.46. The van der Waals surface area contributed by atoms with Gasteiger partial charge in [-0.2, -0.15) is 0 Å². The first-order valence-electron chi connectivity index (χ1n) is 4.97. The number of pyridine rings is 1. The Morgan fingerprint density at radius 1 is 1.50 bits per heavy atom. The molecular weight excluding hydrogens is 176 g/mol. The molecule has 2 heterocycles. The third-order valence-corrected chi connectivity index (χ3v) is 2.65. The summed E-state index contributed by atoms with van der Waals surface area (Å²) in [6.45, 7) is 4.15. The highest BCUT2D eigenvalue weighted by molar-refractivity contribution is 5.56. The van der Waals surface area contributed by atoms with Crippen LogP contribution in [0.4, 0.5) is 5.69 Å². The molecule has 0 amide bonds. The average molecular weight is 192 g/mol. The van der Waals surface area contributed by atoms with Gasteiger partial charge in [-0.25, -0.2) is 0 Å². The van der Waals surface area contributed by atoms with Crippen molar-refractivity contribution in [1.82, 2.24) is 4.98 Å². The van der Waals surface area contributed by atoms with Crippen LogP contribution in [-0.2, 0) is 11.2 Å². The fraction of sp³-hybridized carbons (Fsp3) is 0.545. The van der Waals surface area contributed by atoms with E-state index in [1.165, 1.54) is 11.3 Å². The lowest BCUT2D eigenvalue weighted by atomic mass is 10.0. The molecule has 0 bridgehead atoms. The highest BCUT2D eigenvalue weighted by Gasteiger charge is 2.19. The number of hydrogen-bond acceptors (Lipinski definition) is 3. The monoisotopic (exact) mass is 192 g/mol. The van der Waals surface area contributed by atoms with E-state index in [1.807, 2.05) is 6.92 Å². The van der Waals surface area contributed by atoms with Gasteiger partial charge in [-0.3, -0.25) is 4.98 Å². The number of fused-ring (bicyclic) bond motifs is 1. The lowest BCUT2D eigenvalue weighted by molar-refractivity contribution is 0.115. The summed E-state index contributed by atoms with van der Waals surface area (Å²) >= 11 is 0. The minimum absolute atomic E-state index is 0.144. The molecule has 1 N–H and O–H groups in total. The summed E-state index contributed by atoms with van der Waals surface area (Å²) in [5.41, 5.74) is 4.69. The molecule has 0 spiro atoms. The van der Waals surface area contributed by atoms with Crippen LogP contribution in [0.15, 0.2) is 6.07 Å². The van der Waals surface area contributed by atoms with Crippen molar-refractivity contribution in [2.45, 2.75) is 32.9 Å². The number of rotatable bonds is 1. The van der Waals surface area contributed by atoms with E-state index < -0.39 is 0 Å². The molecule has 76 valence electrons. The van der Waals surface area contributed by atoms with E-state index in [4.69, 9.17) is 4.74 Å². The van der Waals surface area contributed by atoms with E-state index in [9.17, 15) is 0 Å². The zero-order valence-electron chi connectivity index (χ0n) is 8.92. The van der Waals surface area contributed by atoms with Crippen LogP contribution >= 0.6 is 0 Å². The quantitative estimate of drug-likeness (QED) is 0.739. The first-order valence-corrected chi connectivity index (χ1v) is 4.97. The van der Waals surface area contributed by atoms with Gasteiger partial charge in [-0.05, 0) is 38.3 Å². The molecular formula is C11H16N2O. The molecule has 1 aliphatic heterocycles. The Labute approximate surface area is 84.5 Å². The summed E-state index contributed by atoms with van der Waals surface area (Å²) in [6, 6.07) is 2.10. The van der Waals surface area contributed by atoms with Crippen molar-refractivity contribution < 1.29 is 4.74 Å². The highest BCUT2D eigenvalue weighted by Crippen LogP contribution is 2.27. The standard InChI is InChI=1S/C11H16N2O/c1-7-6-8(2)12-9-4-5-10(14-3)13-11(7)9/h6,10,13H,4-5H2,1-3H3. The molecule has 2 rings (SSSR count). The third-order valence-electron chi connectivity index (χ3n) is 2.65. The molecule has 1 aromatic rings. The zero-order chi connectivity index (χ0) is 10.1. The maximum Gasteiger partial charge on any atom is 0.127 e. The minimum atomic E-state index is 0.144. The molecule has 1 aromatic heterocycles. The van der Waals surface area contributed by atoms with Gasteiger partial charge in [0.1, 0.15) is 6.23 Å². The Morgan fingerprint density at radius 2 is 2.29 bits per heavy atom. The number of anilines is 1. The second-order valence-corrected chi connectivity index (χ2v) is 3.81. The fourth-order valence-electron chi connectivity index (χ4n) is 1.97. The lowest BCUT2D eigenvalue weighted by Crippen LogP contribution is -2.28. The molecule has 3 heteroatoms. The molecule has 1 aliphatic rings. The van der Waals surface area contributed by atoms with E-state index in [0.717, 1.165) is 24.2 Å². The number of aromatic nitrogens is 1. The molecule has 0 aromatic carbocycles. The SMILES string of the molecule is COC1CCc2nc(C)cc(C)c2N1. The van der Waals surface area contributed by atoms with Crippen molar-refractivity contribution in [1.29, 1.82) is 0 Å². The summed E-state index contributed by atoms with van der Waals surface area (Å²) in [6.07, 6.45) is 2.15. The van der Waals surface area contributed by atoms with Crippen LogP contribution in [0.3, 0.4) is 0 Å². The van der Waals surface area contributed by atoms with Crippen molar-refractivity contribution in [3.8, 4) is 0 Å². The second kappa shape index (κ2) is 3.58. The second-order valence-electron chi connectivity index (χ2n) is 3.81. The van der Waals surface area contributed by atoms with Gasteiger partial charge in [-0.1, -0.05) is 0 Å². The molecule has 1 atom stereocenters. The van der Waals surface area contributed by atoms with Gasteiger partial charge in [0.2, 0.25) is 0 Å². The van der Waals surface area contributed by atoms with Crippen molar-refractivity contribution in [2.24, 2.45) is 0 Å². The average Bonchev–Trinajstić information content (AvgIpc) is 2.17. The number of nitrogens with zero attached hydrogens (tertiary/aromatic N) is 1. The molecule has 14 heavy (non-hydrogen) atoms. The predicted octanol–water partition coefficient (Wildman–Crippen LogP) is 2.03. The van der Waals surface area contributed by atoms with Gasteiger partial charge in [0.15, 0.2) is 0 Å². The maximum absolute atomic E-state index is 5.29. The molecule has 0 saturated heterocycles. The summed E-state index contributed by atoms with van der Waals surface area (Å²) in [4.78, 5) is 4.53. The van der Waals surface area contributed by atoms with Gasteiger partial charge in [-0.15, -0.1) is 0 Å². The Kier molecular flexibility index (Phi) is 2.42. The summed E-state index contributed by atoms with van der Waals surface area (Å²) in [5.74, 6) is 0. The molecule has 0 aliphatic carbocycles. The van der Waals surface area contributed by atoms with Crippen molar-refractivity contribution in [3.05, 3.63) is 23.0 Å². The van der Waals surface area contributed by atoms with Crippen LogP contribution in [0.25, 0.3) is 0 Å². The fourth-order valence-corrected chi connectivity index (χ4v) is 1.97. The van der Waals surface area contributed by atoms with Gasteiger partial charge in [0, 0.05) is 12.8 Å². The predicted molar refractivity (Wildman–Crippen MR) is 56.5 cm³/mol. The number of hydrogen-bond donors (Lipinski definition) is 1. The number of aryl methyl sites for hydroxylation is 3. The van der Waals surface area contributed by atoms with Gasteiger partial charge < -0.3 is 10.1 Å². The Balaban J connectivity index is 2.37. The number of ether oxygens (including phenoxy) is 1. The van der Waals surface area contributed by atoms with E-state index in [0.29, 0.717) is 0 Å². The van der Waals surface area contributed by atoms with Crippen LogP contribution in [-0.4, -0.2) is 18.3 Å². The Bertz CT molecular complexity index is 349. The van der Waals surface area contributed by atoms with Crippen LogP contribution < -0.4 is 5.32 Å². The topological polar surface area (TPSA) is 34.1 Å². The van der Waals surface area contributed by atoms with Crippen LogP contribution in [0.1, 0.15) is 23.4 Å². The largest absolute Gasteiger partial charge is 0.362 e. The minimum Gasteiger partial charge on any atom is -0.362 e. The van der Waals surface area contributed by atoms with Crippen molar-refractivity contribution in [3.63, 3.8) is 0 Å². The molecule has 1 unspecified atom stereocenters. The normalized spacial score (nSPS) is 20.1. The molecule has 0 saturated carbocycles.